The number of hydrogen-bond acceptors (Lipinski definition) is 4. The van der Waals surface area contributed by atoms with E-state index in [1.807, 2.05) is 12.4 Å². The number of hydrogen-bond donors (Lipinski definition) is 0. The molecule has 5 heteroatoms. The summed E-state index contributed by atoms with van der Waals surface area (Å²) in [5.41, 5.74) is 0.140. The van der Waals surface area contributed by atoms with Gasteiger partial charge < -0.3 is 4.90 Å². The van der Waals surface area contributed by atoms with Crippen molar-refractivity contribution in [3.8, 4) is 12.3 Å². The van der Waals surface area contributed by atoms with E-state index in [1.54, 1.807) is 0 Å². The number of thioether (sulfide) groups is 1. The normalized spacial score (nSPS) is 20.0. The number of nitrogens with zero attached hydrogens (tertiary/aromatic N) is 4. The Morgan fingerprint density at radius 2 is 2.06 bits per heavy atom. The highest BCUT2D eigenvalue weighted by Crippen LogP contribution is 2.34. The van der Waals surface area contributed by atoms with Crippen molar-refractivity contribution in [2.24, 2.45) is 10.4 Å². The second-order valence-corrected chi connectivity index (χ2v) is 5.10. The molecule has 0 aliphatic carbocycles. The average Bonchev–Trinajstić information content (AvgIpc) is 2.27. The van der Waals surface area contributed by atoms with Gasteiger partial charge in [0.15, 0.2) is 5.17 Å². The van der Waals surface area contributed by atoms with Gasteiger partial charge in [0.1, 0.15) is 0 Å². The molecule has 0 unspecified atom stereocenters. The van der Waals surface area contributed by atoms with Crippen LogP contribution in [0.15, 0.2) is 4.99 Å². The zero-order valence-electron chi connectivity index (χ0n) is 9.73. The van der Waals surface area contributed by atoms with Crippen molar-refractivity contribution in [1.82, 2.24) is 4.90 Å². The maximum Gasteiger partial charge on any atom is 0.208 e. The van der Waals surface area contributed by atoms with Gasteiger partial charge in [0.05, 0.1) is 6.07 Å². The zero-order chi connectivity index (χ0) is 12.0. The third-order valence-corrected chi connectivity index (χ3v) is 3.79. The predicted octanol–water partition coefficient (Wildman–Crippen LogP) is 2.20. The van der Waals surface area contributed by atoms with E-state index in [2.05, 4.69) is 22.9 Å². The summed E-state index contributed by atoms with van der Waals surface area (Å²) in [5, 5.41) is 18.1. The van der Waals surface area contributed by atoms with E-state index in [4.69, 9.17) is 10.5 Å². The van der Waals surface area contributed by atoms with E-state index >= 15 is 0 Å². The minimum atomic E-state index is 0.140. The fraction of sp³-hybridized carbons (Fsp3) is 0.727. The molecule has 4 nitrogen and oxygen atoms in total. The Kier molecular flexibility index (Phi) is 4.64. The monoisotopic (exact) mass is 236 g/mol. The lowest BCUT2D eigenvalue weighted by Crippen LogP contribution is -2.40. The van der Waals surface area contributed by atoms with Gasteiger partial charge in [-0.3, -0.25) is 0 Å². The van der Waals surface area contributed by atoms with Crippen LogP contribution in [0, 0.1) is 28.2 Å². The fourth-order valence-electron chi connectivity index (χ4n) is 1.89. The predicted molar refractivity (Wildman–Crippen MR) is 65.7 cm³/mol. The smallest absolute Gasteiger partial charge is 0.208 e. The highest BCUT2D eigenvalue weighted by atomic mass is 32.2. The van der Waals surface area contributed by atoms with Crippen molar-refractivity contribution >= 4 is 16.9 Å². The molecule has 0 aromatic carbocycles. The van der Waals surface area contributed by atoms with Crippen molar-refractivity contribution in [2.75, 3.05) is 19.3 Å². The first-order chi connectivity index (χ1) is 7.65. The van der Waals surface area contributed by atoms with Gasteiger partial charge in [-0.2, -0.15) is 10.5 Å². The third-order valence-electron chi connectivity index (χ3n) is 3.08. The Hall–Kier alpha value is -1.20. The summed E-state index contributed by atoms with van der Waals surface area (Å²) in [7, 11) is 0. The molecule has 0 bridgehead atoms. The molecule has 0 amide bonds. The van der Waals surface area contributed by atoms with Crippen LogP contribution in [0.5, 0.6) is 0 Å². The minimum absolute atomic E-state index is 0.140. The summed E-state index contributed by atoms with van der Waals surface area (Å²) in [5.74, 6) is 0. The van der Waals surface area contributed by atoms with Crippen LogP contribution in [0.2, 0.25) is 0 Å². The zero-order valence-corrected chi connectivity index (χ0v) is 10.5. The maximum atomic E-state index is 8.75. The Balaban J connectivity index is 2.59. The standard InChI is InChI=1S/C11H16N4S/c1-11(3-6-12)4-7-15(8-5-11)10(16-2)14-9-13/h3-5,7-8H2,1-2H3. The minimum Gasteiger partial charge on any atom is -0.351 e. The van der Waals surface area contributed by atoms with Gasteiger partial charge in [-0.05, 0) is 24.5 Å². The van der Waals surface area contributed by atoms with Crippen molar-refractivity contribution in [1.29, 1.82) is 10.5 Å². The lowest BCUT2D eigenvalue weighted by molar-refractivity contribution is 0.174. The van der Waals surface area contributed by atoms with E-state index in [1.165, 1.54) is 11.8 Å². The van der Waals surface area contributed by atoms with Crippen LogP contribution in [0.4, 0.5) is 0 Å². The van der Waals surface area contributed by atoms with Crippen molar-refractivity contribution < 1.29 is 0 Å². The second-order valence-electron chi connectivity index (χ2n) is 4.33. The third kappa shape index (κ3) is 3.15. The Bertz CT molecular complexity index is 342. The van der Waals surface area contributed by atoms with Crippen LogP contribution < -0.4 is 0 Å². The van der Waals surface area contributed by atoms with Crippen LogP contribution >= 0.6 is 11.8 Å². The van der Waals surface area contributed by atoms with Crippen molar-refractivity contribution in [2.45, 2.75) is 26.2 Å². The van der Waals surface area contributed by atoms with Crippen LogP contribution in [0.25, 0.3) is 0 Å². The van der Waals surface area contributed by atoms with Crippen LogP contribution in [0.1, 0.15) is 26.2 Å². The molecule has 16 heavy (non-hydrogen) atoms. The first-order valence-electron chi connectivity index (χ1n) is 5.28. The highest BCUT2D eigenvalue weighted by Gasteiger charge is 2.30. The van der Waals surface area contributed by atoms with Gasteiger partial charge in [-0.1, -0.05) is 18.7 Å². The molecule has 1 aliphatic rings. The topological polar surface area (TPSA) is 63.2 Å². The first-order valence-corrected chi connectivity index (χ1v) is 6.50. The molecule has 1 aliphatic heterocycles. The SMILES string of the molecule is CSC(=NC#N)N1CCC(C)(CC#N)CC1. The Labute approximate surface area is 101 Å². The molecule has 86 valence electrons. The molecule has 0 atom stereocenters. The molecule has 0 radical (unpaired) electrons. The summed E-state index contributed by atoms with van der Waals surface area (Å²) in [6, 6.07) is 2.25. The molecule has 0 aromatic rings. The largest absolute Gasteiger partial charge is 0.351 e. The summed E-state index contributed by atoms with van der Waals surface area (Å²) in [6.07, 6.45) is 6.36. The van der Waals surface area contributed by atoms with Gasteiger partial charge in [-0.25, -0.2) is 0 Å². The lowest BCUT2D eigenvalue weighted by Gasteiger charge is -2.38. The number of rotatable bonds is 1. The van der Waals surface area contributed by atoms with Crippen LogP contribution in [0.3, 0.4) is 0 Å². The van der Waals surface area contributed by atoms with Crippen molar-refractivity contribution in [3.05, 3.63) is 0 Å². The number of aliphatic imine (C=N–C) groups is 1. The van der Waals surface area contributed by atoms with E-state index < -0.39 is 0 Å². The number of likely N-dealkylation sites (tertiary alicyclic amines) is 1. The average molecular weight is 236 g/mol. The van der Waals surface area contributed by atoms with Gasteiger partial charge in [-0.15, -0.1) is 4.99 Å². The fourth-order valence-corrected chi connectivity index (χ4v) is 2.47. The summed E-state index contributed by atoms with van der Waals surface area (Å²) in [4.78, 5) is 5.94. The number of amidine groups is 1. The molecule has 0 N–H and O–H groups in total. The summed E-state index contributed by atoms with van der Waals surface area (Å²) < 4.78 is 0. The van der Waals surface area contributed by atoms with Crippen LogP contribution in [-0.2, 0) is 0 Å². The molecule has 0 saturated carbocycles. The molecule has 0 aromatic heterocycles. The molecule has 1 rings (SSSR count). The van der Waals surface area contributed by atoms with Crippen LogP contribution in [-0.4, -0.2) is 29.4 Å². The molecule has 1 saturated heterocycles. The van der Waals surface area contributed by atoms with E-state index in [0.717, 1.165) is 31.1 Å². The second kappa shape index (κ2) is 5.77. The summed E-state index contributed by atoms with van der Waals surface area (Å²) >= 11 is 1.50. The van der Waals surface area contributed by atoms with Crippen molar-refractivity contribution in [3.63, 3.8) is 0 Å². The number of piperidine rings is 1. The summed E-state index contributed by atoms with van der Waals surface area (Å²) in [6.45, 7) is 3.94. The Morgan fingerprint density at radius 3 is 2.50 bits per heavy atom. The van der Waals surface area contributed by atoms with Gasteiger partial charge in [0, 0.05) is 19.5 Å². The quantitative estimate of drug-likeness (QED) is 0.398. The Morgan fingerprint density at radius 1 is 1.44 bits per heavy atom. The maximum absolute atomic E-state index is 8.75. The van der Waals surface area contributed by atoms with Gasteiger partial charge in [0.25, 0.3) is 0 Å². The molecular formula is C11H16N4S. The molecular weight excluding hydrogens is 220 g/mol. The van der Waals surface area contributed by atoms with E-state index in [9.17, 15) is 0 Å². The lowest BCUT2D eigenvalue weighted by atomic mass is 9.78. The van der Waals surface area contributed by atoms with E-state index in [0.29, 0.717) is 6.42 Å². The van der Waals surface area contributed by atoms with Gasteiger partial charge in [0.2, 0.25) is 6.19 Å². The molecule has 1 fully saturated rings. The van der Waals surface area contributed by atoms with Gasteiger partial charge >= 0.3 is 0 Å². The number of nitriles is 2. The van der Waals surface area contributed by atoms with E-state index in [-0.39, 0.29) is 5.41 Å². The highest BCUT2D eigenvalue weighted by molar-refractivity contribution is 8.13. The first kappa shape index (κ1) is 12.9. The molecule has 1 heterocycles. The molecule has 0 spiro atoms.